The van der Waals surface area contributed by atoms with Crippen molar-refractivity contribution < 1.29 is 5.11 Å². The van der Waals surface area contributed by atoms with Crippen LogP contribution >= 0.6 is 0 Å². The van der Waals surface area contributed by atoms with Crippen LogP contribution in [0.3, 0.4) is 0 Å². The van der Waals surface area contributed by atoms with E-state index < -0.39 is 5.60 Å². The van der Waals surface area contributed by atoms with Gasteiger partial charge in [-0.05, 0) is 38.5 Å². The average molecular weight is 269 g/mol. The van der Waals surface area contributed by atoms with Gasteiger partial charge in [-0.1, -0.05) is 20.8 Å². The van der Waals surface area contributed by atoms with Crippen LogP contribution in [-0.2, 0) is 0 Å². The topological polar surface area (TPSA) is 47.9 Å². The SMILES string of the molecule is CCNC(=NCC(O)(CC)CC)N1CCC(C)CC1. The summed E-state index contributed by atoms with van der Waals surface area (Å²) >= 11 is 0. The molecular weight excluding hydrogens is 238 g/mol. The van der Waals surface area contributed by atoms with Gasteiger partial charge >= 0.3 is 0 Å². The molecule has 1 heterocycles. The van der Waals surface area contributed by atoms with E-state index in [1.165, 1.54) is 12.8 Å². The van der Waals surface area contributed by atoms with Crippen LogP contribution in [0.15, 0.2) is 4.99 Å². The van der Waals surface area contributed by atoms with Crippen molar-refractivity contribution in [1.82, 2.24) is 10.2 Å². The Morgan fingerprint density at radius 1 is 1.26 bits per heavy atom. The molecule has 0 unspecified atom stereocenters. The Labute approximate surface area is 118 Å². The van der Waals surface area contributed by atoms with Crippen molar-refractivity contribution in [2.45, 2.75) is 59.0 Å². The minimum Gasteiger partial charge on any atom is -0.388 e. The molecule has 4 heteroatoms. The minimum absolute atomic E-state index is 0.494. The number of aliphatic imine (C=N–C) groups is 1. The normalized spacial score (nSPS) is 18.8. The Hall–Kier alpha value is -0.770. The quantitative estimate of drug-likeness (QED) is 0.594. The molecule has 1 aliphatic rings. The van der Waals surface area contributed by atoms with Crippen molar-refractivity contribution >= 4 is 5.96 Å². The van der Waals surface area contributed by atoms with E-state index in [4.69, 9.17) is 0 Å². The number of guanidine groups is 1. The highest BCUT2D eigenvalue weighted by molar-refractivity contribution is 5.80. The van der Waals surface area contributed by atoms with E-state index >= 15 is 0 Å². The Morgan fingerprint density at radius 3 is 2.32 bits per heavy atom. The van der Waals surface area contributed by atoms with Crippen LogP contribution in [0.4, 0.5) is 0 Å². The summed E-state index contributed by atoms with van der Waals surface area (Å²) in [5.41, 5.74) is -0.649. The number of nitrogens with zero attached hydrogens (tertiary/aromatic N) is 2. The minimum atomic E-state index is -0.649. The third kappa shape index (κ3) is 5.01. The van der Waals surface area contributed by atoms with Gasteiger partial charge in [0.1, 0.15) is 0 Å². The highest BCUT2D eigenvalue weighted by Gasteiger charge is 2.23. The van der Waals surface area contributed by atoms with Crippen LogP contribution < -0.4 is 5.32 Å². The molecule has 1 fully saturated rings. The zero-order chi connectivity index (χ0) is 14.3. The predicted octanol–water partition coefficient (Wildman–Crippen LogP) is 2.23. The molecule has 0 atom stereocenters. The van der Waals surface area contributed by atoms with E-state index in [1.54, 1.807) is 0 Å². The van der Waals surface area contributed by atoms with Crippen molar-refractivity contribution in [3.05, 3.63) is 0 Å². The Morgan fingerprint density at radius 2 is 1.84 bits per heavy atom. The lowest BCUT2D eigenvalue weighted by Gasteiger charge is -2.33. The van der Waals surface area contributed by atoms with E-state index in [0.717, 1.165) is 44.4 Å². The fourth-order valence-corrected chi connectivity index (χ4v) is 2.34. The van der Waals surface area contributed by atoms with Gasteiger partial charge < -0.3 is 15.3 Å². The molecule has 1 saturated heterocycles. The average Bonchev–Trinajstić information content (AvgIpc) is 2.44. The maximum Gasteiger partial charge on any atom is 0.194 e. The van der Waals surface area contributed by atoms with Crippen LogP contribution in [0.2, 0.25) is 0 Å². The number of nitrogens with one attached hydrogen (secondary N) is 1. The largest absolute Gasteiger partial charge is 0.388 e. The van der Waals surface area contributed by atoms with Crippen molar-refractivity contribution in [3.8, 4) is 0 Å². The third-order valence-electron chi connectivity index (χ3n) is 4.26. The number of hydrogen-bond acceptors (Lipinski definition) is 2. The molecule has 0 bridgehead atoms. The second kappa shape index (κ2) is 7.73. The zero-order valence-electron chi connectivity index (χ0n) is 13.1. The summed E-state index contributed by atoms with van der Waals surface area (Å²) in [5.74, 6) is 1.79. The second-order valence-electron chi connectivity index (χ2n) is 5.77. The Kier molecular flexibility index (Phi) is 6.63. The summed E-state index contributed by atoms with van der Waals surface area (Å²) in [6.07, 6.45) is 3.97. The summed E-state index contributed by atoms with van der Waals surface area (Å²) in [4.78, 5) is 6.99. The van der Waals surface area contributed by atoms with Crippen LogP contribution in [0.1, 0.15) is 53.4 Å². The van der Waals surface area contributed by atoms with Crippen molar-refractivity contribution in [2.24, 2.45) is 10.9 Å². The second-order valence-corrected chi connectivity index (χ2v) is 5.77. The van der Waals surface area contributed by atoms with Crippen molar-refractivity contribution in [2.75, 3.05) is 26.2 Å². The molecule has 0 radical (unpaired) electrons. The number of aliphatic hydroxyl groups is 1. The smallest absolute Gasteiger partial charge is 0.194 e. The van der Waals surface area contributed by atoms with Gasteiger partial charge in [0.25, 0.3) is 0 Å². The highest BCUT2D eigenvalue weighted by Crippen LogP contribution is 2.18. The first-order valence-corrected chi connectivity index (χ1v) is 7.80. The Balaban J connectivity index is 2.65. The molecule has 1 rings (SSSR count). The van der Waals surface area contributed by atoms with E-state index in [9.17, 15) is 5.11 Å². The van der Waals surface area contributed by atoms with Gasteiger partial charge in [0, 0.05) is 19.6 Å². The maximum atomic E-state index is 10.3. The van der Waals surface area contributed by atoms with Crippen LogP contribution in [0.5, 0.6) is 0 Å². The fraction of sp³-hybridized carbons (Fsp3) is 0.933. The molecule has 19 heavy (non-hydrogen) atoms. The molecular formula is C15H31N3O. The number of piperidine rings is 1. The van der Waals surface area contributed by atoms with E-state index in [0.29, 0.717) is 6.54 Å². The van der Waals surface area contributed by atoms with Crippen molar-refractivity contribution in [3.63, 3.8) is 0 Å². The van der Waals surface area contributed by atoms with Gasteiger partial charge in [-0.3, -0.25) is 4.99 Å². The molecule has 0 amide bonds. The molecule has 4 nitrogen and oxygen atoms in total. The van der Waals surface area contributed by atoms with Crippen LogP contribution in [-0.4, -0.2) is 47.7 Å². The number of hydrogen-bond donors (Lipinski definition) is 2. The third-order valence-corrected chi connectivity index (χ3v) is 4.26. The maximum absolute atomic E-state index is 10.3. The predicted molar refractivity (Wildman–Crippen MR) is 81.5 cm³/mol. The molecule has 2 N–H and O–H groups in total. The van der Waals surface area contributed by atoms with Gasteiger partial charge in [0.2, 0.25) is 0 Å². The first-order chi connectivity index (χ1) is 9.04. The van der Waals surface area contributed by atoms with Gasteiger partial charge in [0.05, 0.1) is 12.1 Å². The summed E-state index contributed by atoms with van der Waals surface area (Å²) in [5, 5.41) is 13.7. The Bertz CT molecular complexity index is 279. The standard InChI is InChI=1S/C15H31N3O/c1-5-15(19,6-2)12-17-14(16-7-3)18-10-8-13(4)9-11-18/h13,19H,5-12H2,1-4H3,(H,16,17). The van der Waals surface area contributed by atoms with E-state index in [1.807, 2.05) is 13.8 Å². The van der Waals surface area contributed by atoms with Crippen molar-refractivity contribution in [1.29, 1.82) is 0 Å². The van der Waals surface area contributed by atoms with E-state index in [-0.39, 0.29) is 0 Å². The lowest BCUT2D eigenvalue weighted by Crippen LogP contribution is -2.46. The summed E-state index contributed by atoms with van der Waals surface area (Å²) in [7, 11) is 0. The summed E-state index contributed by atoms with van der Waals surface area (Å²) in [6.45, 7) is 12.0. The fourth-order valence-electron chi connectivity index (χ4n) is 2.34. The van der Waals surface area contributed by atoms with Gasteiger partial charge in [0.15, 0.2) is 5.96 Å². The highest BCUT2D eigenvalue weighted by atomic mass is 16.3. The number of rotatable bonds is 5. The lowest BCUT2D eigenvalue weighted by atomic mass is 9.98. The molecule has 0 aromatic heterocycles. The van der Waals surface area contributed by atoms with Gasteiger partial charge in [-0.15, -0.1) is 0 Å². The zero-order valence-corrected chi connectivity index (χ0v) is 13.1. The van der Waals surface area contributed by atoms with E-state index in [2.05, 4.69) is 29.1 Å². The number of likely N-dealkylation sites (tertiary alicyclic amines) is 1. The lowest BCUT2D eigenvalue weighted by molar-refractivity contribution is 0.0415. The van der Waals surface area contributed by atoms with Gasteiger partial charge in [-0.25, -0.2) is 0 Å². The molecule has 0 aromatic rings. The molecule has 112 valence electrons. The van der Waals surface area contributed by atoms with Gasteiger partial charge in [-0.2, -0.15) is 0 Å². The summed E-state index contributed by atoms with van der Waals surface area (Å²) < 4.78 is 0. The van der Waals surface area contributed by atoms with Crippen LogP contribution in [0.25, 0.3) is 0 Å². The molecule has 0 saturated carbocycles. The molecule has 0 aromatic carbocycles. The summed E-state index contributed by atoms with van der Waals surface area (Å²) in [6, 6.07) is 0. The van der Waals surface area contributed by atoms with Crippen LogP contribution in [0, 0.1) is 5.92 Å². The first-order valence-electron chi connectivity index (χ1n) is 7.80. The molecule has 1 aliphatic heterocycles. The molecule has 0 spiro atoms. The first kappa shape index (κ1) is 16.3. The monoisotopic (exact) mass is 269 g/mol. The molecule has 0 aliphatic carbocycles.